The lowest BCUT2D eigenvalue weighted by atomic mass is 10.1. The number of rotatable bonds is 6. The van der Waals surface area contributed by atoms with Crippen LogP contribution in [0.5, 0.6) is 0 Å². The van der Waals surface area contributed by atoms with Gasteiger partial charge in [-0.25, -0.2) is 4.98 Å². The second kappa shape index (κ2) is 8.44. The number of anilines is 1. The molecule has 1 fully saturated rings. The van der Waals surface area contributed by atoms with Gasteiger partial charge in [-0.1, -0.05) is 35.0 Å². The number of fused-ring (bicyclic) bond motifs is 3. The van der Waals surface area contributed by atoms with Crippen LogP contribution in [-0.4, -0.2) is 30.2 Å². The first-order valence-corrected chi connectivity index (χ1v) is 12.1. The number of nitrogens with one attached hydrogen (secondary N) is 1. The van der Waals surface area contributed by atoms with E-state index in [9.17, 15) is 9.59 Å². The van der Waals surface area contributed by atoms with Crippen LogP contribution in [0.15, 0.2) is 52.0 Å². The van der Waals surface area contributed by atoms with E-state index in [1.165, 1.54) is 10.9 Å². The molecule has 1 saturated carbocycles. The molecular weight excluding hydrogens is 456 g/mol. The Morgan fingerprint density at radius 2 is 1.92 bits per heavy atom. The number of aryl methyl sites for hydroxylation is 3. The second-order valence-electron chi connectivity index (χ2n) is 9.62. The number of hydrogen-bond donors (Lipinski definition) is 1. The maximum Gasteiger partial charge on any atom is 0.278 e. The van der Waals surface area contributed by atoms with Gasteiger partial charge in [0.2, 0.25) is 11.8 Å². The molecular formula is C27H26N6O3. The lowest BCUT2D eigenvalue weighted by Crippen LogP contribution is -2.26. The fourth-order valence-corrected chi connectivity index (χ4v) is 4.71. The van der Waals surface area contributed by atoms with E-state index in [4.69, 9.17) is 4.52 Å². The van der Waals surface area contributed by atoms with Gasteiger partial charge in [-0.15, -0.1) is 0 Å². The molecule has 1 aliphatic rings. The van der Waals surface area contributed by atoms with Crippen LogP contribution in [0.4, 0.5) is 5.69 Å². The topological polar surface area (TPSA) is 108 Å². The Bertz CT molecular complexity index is 1690. The van der Waals surface area contributed by atoms with Crippen molar-refractivity contribution in [2.75, 3.05) is 5.32 Å². The van der Waals surface area contributed by atoms with Crippen molar-refractivity contribution in [3.05, 3.63) is 81.5 Å². The molecule has 36 heavy (non-hydrogen) atoms. The van der Waals surface area contributed by atoms with Crippen molar-refractivity contribution in [2.24, 2.45) is 0 Å². The number of carbonyl (C=O) groups is 1. The summed E-state index contributed by atoms with van der Waals surface area (Å²) < 4.78 is 8.58. The van der Waals surface area contributed by atoms with Crippen LogP contribution in [0.1, 0.15) is 47.2 Å². The first-order valence-electron chi connectivity index (χ1n) is 12.1. The molecule has 5 aromatic rings. The minimum atomic E-state index is -0.264. The van der Waals surface area contributed by atoms with Gasteiger partial charge in [0.05, 0.1) is 11.8 Å². The van der Waals surface area contributed by atoms with Gasteiger partial charge in [0, 0.05) is 17.0 Å². The van der Waals surface area contributed by atoms with Gasteiger partial charge in [-0.3, -0.25) is 14.2 Å². The van der Waals surface area contributed by atoms with Crippen molar-refractivity contribution >= 4 is 33.5 Å². The molecule has 0 saturated heterocycles. The fraction of sp³-hybridized carbons (Fsp3) is 0.296. The molecule has 9 heteroatoms. The molecule has 6 rings (SSSR count). The lowest BCUT2D eigenvalue weighted by Gasteiger charge is -2.13. The predicted molar refractivity (Wildman–Crippen MR) is 136 cm³/mol. The predicted octanol–water partition coefficient (Wildman–Crippen LogP) is 4.22. The molecule has 3 aromatic heterocycles. The zero-order valence-corrected chi connectivity index (χ0v) is 20.4. The smallest absolute Gasteiger partial charge is 0.278 e. The third-order valence-corrected chi connectivity index (χ3v) is 6.76. The largest absolute Gasteiger partial charge is 0.337 e. The average Bonchev–Trinajstić information content (AvgIpc) is 3.52. The zero-order chi connectivity index (χ0) is 25.0. The third kappa shape index (κ3) is 3.86. The minimum absolute atomic E-state index is 0.0237. The number of carbonyl (C=O) groups excluding carboxylic acids is 1. The first-order chi connectivity index (χ1) is 17.4. The average molecular weight is 483 g/mol. The van der Waals surface area contributed by atoms with Crippen LogP contribution < -0.4 is 10.9 Å². The van der Waals surface area contributed by atoms with Crippen LogP contribution in [0.25, 0.3) is 21.9 Å². The highest BCUT2D eigenvalue weighted by Gasteiger charge is 2.29. The summed E-state index contributed by atoms with van der Waals surface area (Å²) in [6, 6.07) is 11.8. The third-order valence-electron chi connectivity index (χ3n) is 6.76. The van der Waals surface area contributed by atoms with Crippen LogP contribution in [0, 0.1) is 20.8 Å². The van der Waals surface area contributed by atoms with Crippen molar-refractivity contribution in [1.29, 1.82) is 0 Å². The minimum Gasteiger partial charge on any atom is -0.337 e. The van der Waals surface area contributed by atoms with E-state index < -0.39 is 0 Å². The molecule has 3 heterocycles. The zero-order valence-electron chi connectivity index (χ0n) is 20.4. The number of nitrogens with zero attached hydrogens (tertiary/aromatic N) is 5. The van der Waals surface area contributed by atoms with Gasteiger partial charge >= 0.3 is 0 Å². The Morgan fingerprint density at radius 1 is 1.14 bits per heavy atom. The van der Waals surface area contributed by atoms with E-state index in [1.54, 1.807) is 4.57 Å². The highest BCUT2D eigenvalue weighted by atomic mass is 16.5. The summed E-state index contributed by atoms with van der Waals surface area (Å²) in [5.41, 5.74) is 5.26. The van der Waals surface area contributed by atoms with Gasteiger partial charge in [-0.2, -0.15) is 4.98 Å². The summed E-state index contributed by atoms with van der Waals surface area (Å²) in [6.45, 7) is 6.01. The van der Waals surface area contributed by atoms with Crippen molar-refractivity contribution in [2.45, 2.75) is 52.6 Å². The Balaban J connectivity index is 1.42. The molecule has 9 nitrogen and oxygen atoms in total. The Morgan fingerprint density at radius 3 is 2.67 bits per heavy atom. The number of para-hydroxylation sites is 1. The normalized spacial score (nSPS) is 13.5. The number of amides is 1. The van der Waals surface area contributed by atoms with Crippen molar-refractivity contribution in [1.82, 2.24) is 24.3 Å². The van der Waals surface area contributed by atoms with Gasteiger partial charge in [0.25, 0.3) is 5.56 Å². The van der Waals surface area contributed by atoms with Crippen molar-refractivity contribution in [3.63, 3.8) is 0 Å². The van der Waals surface area contributed by atoms with E-state index in [0.717, 1.165) is 46.1 Å². The second-order valence-corrected chi connectivity index (χ2v) is 9.62. The summed E-state index contributed by atoms with van der Waals surface area (Å²) in [5, 5.41) is 7.91. The summed E-state index contributed by atoms with van der Waals surface area (Å²) in [4.78, 5) is 36.0. The maximum atomic E-state index is 13.7. The van der Waals surface area contributed by atoms with Gasteiger partial charge in [-0.05, 0) is 56.9 Å². The Kier molecular flexibility index (Phi) is 5.21. The van der Waals surface area contributed by atoms with Gasteiger partial charge < -0.3 is 14.4 Å². The van der Waals surface area contributed by atoms with Gasteiger partial charge in [0.15, 0.2) is 5.82 Å². The molecule has 0 spiro atoms. The molecule has 0 radical (unpaired) electrons. The highest BCUT2D eigenvalue weighted by molar-refractivity contribution is 6.07. The van der Waals surface area contributed by atoms with Crippen LogP contribution in [0.2, 0.25) is 0 Å². The maximum absolute atomic E-state index is 13.7. The molecule has 1 amide bonds. The molecule has 0 unspecified atom stereocenters. The molecule has 0 atom stereocenters. The van der Waals surface area contributed by atoms with Gasteiger partial charge in [0.1, 0.15) is 24.1 Å². The molecule has 182 valence electrons. The highest BCUT2D eigenvalue weighted by Crippen LogP contribution is 2.38. The standard InChI is InChI=1S/C27H26N6O3/c1-15-7-10-20-19(11-15)24-25(33(20)12-21(34)29-23-16(2)5-4-6-17(23)3)27(35)32(14-28-24)13-22-30-26(31-36-22)18-8-9-18/h4-7,10-11,14,18H,8-9,12-13H2,1-3H3,(H,29,34). The lowest BCUT2D eigenvalue weighted by molar-refractivity contribution is -0.116. The summed E-state index contributed by atoms with van der Waals surface area (Å²) in [6.07, 6.45) is 3.64. The monoisotopic (exact) mass is 482 g/mol. The number of hydrogen-bond acceptors (Lipinski definition) is 6. The summed E-state index contributed by atoms with van der Waals surface area (Å²) >= 11 is 0. The SMILES string of the molecule is Cc1ccc2c(c1)c1ncn(Cc3nc(C4CC4)no3)c(=O)c1n2CC(=O)Nc1c(C)cccc1C. The van der Waals surface area contributed by atoms with Crippen LogP contribution >= 0.6 is 0 Å². The molecule has 1 N–H and O–H groups in total. The van der Waals surface area contributed by atoms with E-state index >= 15 is 0 Å². The van der Waals surface area contributed by atoms with Crippen LogP contribution in [0.3, 0.4) is 0 Å². The summed E-state index contributed by atoms with van der Waals surface area (Å²) in [7, 11) is 0. The van der Waals surface area contributed by atoms with E-state index in [1.807, 2.05) is 57.2 Å². The number of benzene rings is 2. The molecule has 2 aromatic carbocycles. The van der Waals surface area contributed by atoms with Crippen molar-refractivity contribution in [3.8, 4) is 0 Å². The first kappa shape index (κ1) is 22.2. The fourth-order valence-electron chi connectivity index (χ4n) is 4.71. The van der Waals surface area contributed by atoms with Crippen molar-refractivity contribution < 1.29 is 9.32 Å². The summed E-state index contributed by atoms with van der Waals surface area (Å²) in [5.74, 6) is 1.21. The van der Waals surface area contributed by atoms with Crippen LogP contribution in [-0.2, 0) is 17.9 Å². The quantitative estimate of drug-likeness (QED) is 0.388. The number of aromatic nitrogens is 5. The Labute approximate surface area is 206 Å². The Hall–Kier alpha value is -4.27. The van der Waals surface area contributed by atoms with E-state index in [2.05, 4.69) is 20.4 Å². The van der Waals surface area contributed by atoms with E-state index in [-0.39, 0.29) is 24.6 Å². The molecule has 0 aliphatic heterocycles. The van der Waals surface area contributed by atoms with E-state index in [0.29, 0.717) is 28.7 Å². The molecule has 1 aliphatic carbocycles. The molecule has 0 bridgehead atoms.